The minimum absolute atomic E-state index is 0.0230. The van der Waals surface area contributed by atoms with Crippen LogP contribution in [0.2, 0.25) is 5.02 Å². The Morgan fingerprint density at radius 1 is 1.11 bits per heavy atom. The number of aromatic nitrogens is 4. The van der Waals surface area contributed by atoms with Crippen molar-refractivity contribution >= 4 is 40.1 Å². The van der Waals surface area contributed by atoms with Crippen LogP contribution in [-0.4, -0.2) is 37.2 Å². The van der Waals surface area contributed by atoms with E-state index in [2.05, 4.69) is 30.6 Å². The summed E-state index contributed by atoms with van der Waals surface area (Å²) in [6.45, 7) is 0. The number of fused-ring (bicyclic) bond motifs is 1. The van der Waals surface area contributed by atoms with Crippen LogP contribution < -0.4 is 10.6 Å². The van der Waals surface area contributed by atoms with Crippen LogP contribution in [0.15, 0.2) is 30.7 Å². The molecule has 1 aromatic carbocycles. The Bertz CT molecular complexity index is 964. The van der Waals surface area contributed by atoms with Crippen molar-refractivity contribution in [2.75, 3.05) is 10.6 Å². The van der Waals surface area contributed by atoms with Gasteiger partial charge in [-0.3, -0.25) is 0 Å². The van der Waals surface area contributed by atoms with E-state index >= 15 is 0 Å². The summed E-state index contributed by atoms with van der Waals surface area (Å²) in [5.41, 5.74) is 1.73. The highest BCUT2D eigenvalue weighted by molar-refractivity contribution is 6.31. The lowest BCUT2D eigenvalue weighted by Crippen LogP contribution is -2.28. The standard InChI is InChI=1S/C18H18ClFN6O/c19-13-7-11(3-6-14(13)20)24-17-16-15(22-9-23-17)8-21-18(26-16)25-10-1-4-12(27)5-2-10/h3,6-10,12,27H,1-2,4-5H2,(H,21,25,26)(H,22,23,24). The average Bonchev–Trinajstić information content (AvgIpc) is 2.67. The van der Waals surface area contributed by atoms with Gasteiger partial charge in [-0.2, -0.15) is 0 Å². The van der Waals surface area contributed by atoms with Gasteiger partial charge in [-0.25, -0.2) is 24.3 Å². The van der Waals surface area contributed by atoms with Crippen molar-refractivity contribution in [1.82, 2.24) is 19.9 Å². The normalized spacial score (nSPS) is 19.8. The molecule has 2 aromatic heterocycles. The molecule has 3 aromatic rings. The van der Waals surface area contributed by atoms with E-state index in [-0.39, 0.29) is 17.2 Å². The summed E-state index contributed by atoms with van der Waals surface area (Å²) in [5, 5.41) is 16.1. The van der Waals surface area contributed by atoms with E-state index in [4.69, 9.17) is 11.6 Å². The van der Waals surface area contributed by atoms with Crippen molar-refractivity contribution in [3.8, 4) is 0 Å². The van der Waals surface area contributed by atoms with Gasteiger partial charge in [0.2, 0.25) is 5.95 Å². The number of benzene rings is 1. The van der Waals surface area contributed by atoms with Crippen molar-refractivity contribution in [2.24, 2.45) is 0 Å². The van der Waals surface area contributed by atoms with Gasteiger partial charge in [0.25, 0.3) is 0 Å². The molecule has 1 aliphatic rings. The minimum atomic E-state index is -0.485. The summed E-state index contributed by atoms with van der Waals surface area (Å²) in [5.74, 6) is 0.479. The zero-order valence-corrected chi connectivity index (χ0v) is 15.1. The third-order valence-electron chi connectivity index (χ3n) is 4.59. The molecule has 4 rings (SSSR count). The minimum Gasteiger partial charge on any atom is -0.393 e. The number of aliphatic hydroxyl groups is 1. The molecule has 0 unspecified atom stereocenters. The van der Waals surface area contributed by atoms with E-state index in [0.29, 0.717) is 28.5 Å². The largest absolute Gasteiger partial charge is 0.393 e. The SMILES string of the molecule is OC1CCC(Nc2ncc3ncnc(Nc4ccc(F)c(Cl)c4)c3n2)CC1. The fourth-order valence-electron chi connectivity index (χ4n) is 3.13. The van der Waals surface area contributed by atoms with Gasteiger partial charge in [-0.05, 0) is 43.9 Å². The van der Waals surface area contributed by atoms with Crippen LogP contribution in [0, 0.1) is 5.82 Å². The topological polar surface area (TPSA) is 95.9 Å². The first-order valence-corrected chi connectivity index (χ1v) is 9.11. The maximum atomic E-state index is 13.4. The van der Waals surface area contributed by atoms with Crippen molar-refractivity contribution < 1.29 is 9.50 Å². The molecule has 0 spiro atoms. The fourth-order valence-corrected chi connectivity index (χ4v) is 3.31. The first-order valence-electron chi connectivity index (χ1n) is 8.73. The number of anilines is 3. The Balaban J connectivity index is 1.60. The lowest BCUT2D eigenvalue weighted by atomic mass is 9.93. The molecular weight excluding hydrogens is 371 g/mol. The number of nitrogens with zero attached hydrogens (tertiary/aromatic N) is 4. The van der Waals surface area contributed by atoms with E-state index in [0.717, 1.165) is 25.7 Å². The van der Waals surface area contributed by atoms with Crippen LogP contribution in [0.4, 0.5) is 21.8 Å². The van der Waals surface area contributed by atoms with E-state index in [1.807, 2.05) is 0 Å². The Hall–Kier alpha value is -2.58. The Morgan fingerprint density at radius 2 is 1.93 bits per heavy atom. The molecule has 27 heavy (non-hydrogen) atoms. The van der Waals surface area contributed by atoms with E-state index in [1.165, 1.54) is 18.5 Å². The zero-order valence-electron chi connectivity index (χ0n) is 14.4. The zero-order chi connectivity index (χ0) is 18.8. The number of halogens is 2. The highest BCUT2D eigenvalue weighted by Gasteiger charge is 2.20. The monoisotopic (exact) mass is 388 g/mol. The molecule has 2 heterocycles. The van der Waals surface area contributed by atoms with Crippen LogP contribution >= 0.6 is 11.6 Å². The molecule has 0 atom stereocenters. The molecule has 3 N–H and O–H groups in total. The molecule has 0 aliphatic heterocycles. The summed E-state index contributed by atoms with van der Waals surface area (Å²) < 4.78 is 13.4. The summed E-state index contributed by atoms with van der Waals surface area (Å²) in [6, 6.07) is 4.57. The molecule has 0 saturated heterocycles. The van der Waals surface area contributed by atoms with Crippen molar-refractivity contribution in [2.45, 2.75) is 37.8 Å². The van der Waals surface area contributed by atoms with Gasteiger partial charge in [-0.1, -0.05) is 11.6 Å². The van der Waals surface area contributed by atoms with Crippen molar-refractivity contribution in [1.29, 1.82) is 0 Å². The summed E-state index contributed by atoms with van der Waals surface area (Å²) in [4.78, 5) is 17.3. The molecule has 0 radical (unpaired) electrons. The lowest BCUT2D eigenvalue weighted by molar-refractivity contribution is 0.126. The third-order valence-corrected chi connectivity index (χ3v) is 4.88. The fraction of sp³-hybridized carbons (Fsp3) is 0.333. The van der Waals surface area contributed by atoms with Gasteiger partial charge < -0.3 is 15.7 Å². The second-order valence-corrected chi connectivity index (χ2v) is 6.96. The quantitative estimate of drug-likeness (QED) is 0.627. The molecule has 0 bridgehead atoms. The maximum Gasteiger partial charge on any atom is 0.223 e. The number of rotatable bonds is 4. The average molecular weight is 389 g/mol. The molecular formula is C18H18ClFN6O. The smallest absolute Gasteiger partial charge is 0.223 e. The second kappa shape index (κ2) is 7.58. The molecule has 0 amide bonds. The van der Waals surface area contributed by atoms with Crippen LogP contribution in [-0.2, 0) is 0 Å². The van der Waals surface area contributed by atoms with Crippen LogP contribution in [0.1, 0.15) is 25.7 Å². The molecule has 1 saturated carbocycles. The first kappa shape index (κ1) is 17.8. The number of hydrogen-bond donors (Lipinski definition) is 3. The Labute approximate surface area is 160 Å². The summed E-state index contributed by atoms with van der Waals surface area (Å²) >= 11 is 5.84. The highest BCUT2D eigenvalue weighted by Crippen LogP contribution is 2.26. The van der Waals surface area contributed by atoms with E-state index in [9.17, 15) is 9.50 Å². The van der Waals surface area contributed by atoms with E-state index < -0.39 is 5.82 Å². The first-order chi connectivity index (χ1) is 13.1. The van der Waals surface area contributed by atoms with Gasteiger partial charge in [0.05, 0.1) is 17.3 Å². The predicted octanol–water partition coefficient (Wildman–Crippen LogP) is 3.67. The Kier molecular flexibility index (Phi) is 5.00. The second-order valence-electron chi connectivity index (χ2n) is 6.55. The van der Waals surface area contributed by atoms with Crippen molar-refractivity contribution in [3.05, 3.63) is 41.6 Å². The number of hydrogen-bond acceptors (Lipinski definition) is 7. The van der Waals surface area contributed by atoms with Gasteiger partial charge in [-0.15, -0.1) is 0 Å². The molecule has 9 heteroatoms. The maximum absolute atomic E-state index is 13.4. The molecule has 140 valence electrons. The highest BCUT2D eigenvalue weighted by atomic mass is 35.5. The van der Waals surface area contributed by atoms with Crippen LogP contribution in [0.5, 0.6) is 0 Å². The lowest BCUT2D eigenvalue weighted by Gasteiger charge is -2.26. The number of aliphatic hydroxyl groups excluding tert-OH is 1. The van der Waals surface area contributed by atoms with Gasteiger partial charge >= 0.3 is 0 Å². The Morgan fingerprint density at radius 3 is 2.70 bits per heavy atom. The van der Waals surface area contributed by atoms with Crippen molar-refractivity contribution in [3.63, 3.8) is 0 Å². The van der Waals surface area contributed by atoms with Crippen LogP contribution in [0.3, 0.4) is 0 Å². The van der Waals surface area contributed by atoms with E-state index in [1.54, 1.807) is 12.3 Å². The molecule has 7 nitrogen and oxygen atoms in total. The van der Waals surface area contributed by atoms with Gasteiger partial charge in [0.1, 0.15) is 23.2 Å². The van der Waals surface area contributed by atoms with Gasteiger partial charge in [0, 0.05) is 11.7 Å². The third kappa shape index (κ3) is 4.06. The van der Waals surface area contributed by atoms with Crippen LogP contribution in [0.25, 0.3) is 11.0 Å². The predicted molar refractivity (Wildman–Crippen MR) is 102 cm³/mol. The summed E-state index contributed by atoms with van der Waals surface area (Å²) in [7, 11) is 0. The van der Waals surface area contributed by atoms with Gasteiger partial charge in [0.15, 0.2) is 5.82 Å². The molecule has 1 aliphatic carbocycles. The summed E-state index contributed by atoms with van der Waals surface area (Å²) in [6.07, 6.45) is 6.10. The molecule has 1 fully saturated rings. The number of nitrogens with one attached hydrogen (secondary N) is 2.